The number of likely N-dealkylation sites (N-methyl/N-ethyl adjacent to an activating group) is 1. The molecule has 0 radical (unpaired) electrons. The standard InChI is InChI=1S/C15H19F3N2O3/c1-8(2)19(3)15(22)20(4)13(14(21)23-5)9-6-10(16)12(18)11(17)7-9/h6-8,13H,1-5H3/t13-/m1/s1. The molecule has 1 aromatic rings. The van der Waals surface area contributed by atoms with Crippen LogP contribution in [0.4, 0.5) is 18.0 Å². The van der Waals surface area contributed by atoms with E-state index in [2.05, 4.69) is 4.74 Å². The smallest absolute Gasteiger partial charge is 0.333 e. The Balaban J connectivity index is 3.30. The van der Waals surface area contributed by atoms with Crippen LogP contribution in [0, 0.1) is 17.5 Å². The third-order valence-corrected chi connectivity index (χ3v) is 3.51. The van der Waals surface area contributed by atoms with Gasteiger partial charge >= 0.3 is 12.0 Å². The van der Waals surface area contributed by atoms with E-state index in [4.69, 9.17) is 0 Å². The lowest BCUT2D eigenvalue weighted by Gasteiger charge is -2.32. The quantitative estimate of drug-likeness (QED) is 0.629. The predicted molar refractivity (Wildman–Crippen MR) is 77.1 cm³/mol. The first kappa shape index (κ1) is 18.8. The first-order valence-electron chi connectivity index (χ1n) is 6.83. The average Bonchev–Trinajstić information content (AvgIpc) is 2.50. The molecule has 0 aromatic heterocycles. The van der Waals surface area contributed by atoms with Crippen molar-refractivity contribution in [3.05, 3.63) is 35.1 Å². The van der Waals surface area contributed by atoms with E-state index >= 15 is 0 Å². The summed E-state index contributed by atoms with van der Waals surface area (Å²) >= 11 is 0. The molecule has 2 amide bonds. The molecule has 0 saturated heterocycles. The van der Waals surface area contributed by atoms with E-state index in [0.29, 0.717) is 12.1 Å². The maximum absolute atomic E-state index is 13.4. The molecule has 0 heterocycles. The largest absolute Gasteiger partial charge is 0.467 e. The van der Waals surface area contributed by atoms with Crippen molar-refractivity contribution in [1.82, 2.24) is 9.80 Å². The van der Waals surface area contributed by atoms with Gasteiger partial charge in [-0.2, -0.15) is 0 Å². The molecule has 0 aliphatic carbocycles. The molecule has 0 spiro atoms. The van der Waals surface area contributed by atoms with Crippen LogP contribution in [0.2, 0.25) is 0 Å². The minimum atomic E-state index is -1.65. The van der Waals surface area contributed by atoms with Crippen molar-refractivity contribution in [2.75, 3.05) is 21.2 Å². The van der Waals surface area contributed by atoms with Crippen LogP contribution in [0.5, 0.6) is 0 Å². The Kier molecular flexibility index (Phi) is 6.00. The summed E-state index contributed by atoms with van der Waals surface area (Å²) in [5, 5.41) is 0. The molecule has 0 saturated carbocycles. The van der Waals surface area contributed by atoms with E-state index in [-0.39, 0.29) is 11.6 Å². The van der Waals surface area contributed by atoms with Gasteiger partial charge in [0.2, 0.25) is 0 Å². The minimum absolute atomic E-state index is 0.162. The van der Waals surface area contributed by atoms with Crippen molar-refractivity contribution in [1.29, 1.82) is 0 Å². The van der Waals surface area contributed by atoms with E-state index in [9.17, 15) is 22.8 Å². The lowest BCUT2D eigenvalue weighted by Crippen LogP contribution is -2.46. The lowest BCUT2D eigenvalue weighted by atomic mass is 10.1. The maximum atomic E-state index is 13.4. The second-order valence-corrected chi connectivity index (χ2v) is 5.32. The Morgan fingerprint density at radius 3 is 1.91 bits per heavy atom. The molecule has 0 unspecified atom stereocenters. The Morgan fingerprint density at radius 2 is 1.52 bits per heavy atom. The van der Waals surface area contributed by atoms with Crippen molar-refractivity contribution >= 4 is 12.0 Å². The van der Waals surface area contributed by atoms with Crippen molar-refractivity contribution in [2.24, 2.45) is 0 Å². The monoisotopic (exact) mass is 332 g/mol. The van der Waals surface area contributed by atoms with Gasteiger partial charge in [0.15, 0.2) is 23.5 Å². The van der Waals surface area contributed by atoms with Crippen LogP contribution in [0.15, 0.2) is 12.1 Å². The summed E-state index contributed by atoms with van der Waals surface area (Å²) in [5.41, 5.74) is -0.221. The molecular weight excluding hydrogens is 313 g/mol. The number of urea groups is 1. The molecule has 0 aliphatic heterocycles. The molecule has 0 aliphatic rings. The Morgan fingerprint density at radius 1 is 1.04 bits per heavy atom. The number of hydrogen-bond donors (Lipinski definition) is 0. The molecule has 128 valence electrons. The third kappa shape index (κ3) is 3.94. The fourth-order valence-corrected chi connectivity index (χ4v) is 1.94. The van der Waals surface area contributed by atoms with Crippen molar-refractivity contribution in [2.45, 2.75) is 25.9 Å². The normalized spacial score (nSPS) is 12.0. The zero-order chi connectivity index (χ0) is 17.9. The molecular formula is C15H19F3N2O3. The van der Waals surface area contributed by atoms with Crippen LogP contribution in [0.3, 0.4) is 0 Å². The summed E-state index contributed by atoms with van der Waals surface area (Å²) in [6, 6.07) is -0.790. The molecule has 1 aromatic carbocycles. The molecule has 0 N–H and O–H groups in total. The highest BCUT2D eigenvalue weighted by Gasteiger charge is 2.33. The molecule has 0 bridgehead atoms. The summed E-state index contributed by atoms with van der Waals surface area (Å²) in [7, 11) is 3.89. The Hall–Kier alpha value is -2.25. The molecule has 23 heavy (non-hydrogen) atoms. The van der Waals surface area contributed by atoms with Gasteiger partial charge in [-0.15, -0.1) is 0 Å². The zero-order valence-electron chi connectivity index (χ0n) is 13.6. The van der Waals surface area contributed by atoms with E-state index in [1.54, 1.807) is 13.8 Å². The SMILES string of the molecule is COC(=O)[C@@H](c1cc(F)c(F)c(F)c1)N(C)C(=O)N(C)C(C)C. The zero-order valence-corrected chi connectivity index (χ0v) is 13.6. The van der Waals surface area contributed by atoms with Gasteiger partial charge in [0.25, 0.3) is 0 Å². The predicted octanol–water partition coefficient (Wildman–Crippen LogP) is 2.71. The number of benzene rings is 1. The summed E-state index contributed by atoms with van der Waals surface area (Å²) in [6.07, 6.45) is 0. The topological polar surface area (TPSA) is 49.9 Å². The number of hydrogen-bond acceptors (Lipinski definition) is 3. The minimum Gasteiger partial charge on any atom is -0.467 e. The van der Waals surface area contributed by atoms with Crippen LogP contribution in [0.25, 0.3) is 0 Å². The fourth-order valence-electron chi connectivity index (χ4n) is 1.94. The Labute approximate surface area is 132 Å². The van der Waals surface area contributed by atoms with Crippen LogP contribution >= 0.6 is 0 Å². The fraction of sp³-hybridized carbons (Fsp3) is 0.467. The van der Waals surface area contributed by atoms with E-state index in [1.165, 1.54) is 19.0 Å². The van der Waals surface area contributed by atoms with Gasteiger partial charge in [-0.25, -0.2) is 22.8 Å². The van der Waals surface area contributed by atoms with Gasteiger partial charge in [0, 0.05) is 20.1 Å². The summed E-state index contributed by atoms with van der Waals surface area (Å²) in [4.78, 5) is 26.6. The molecule has 0 fully saturated rings. The van der Waals surface area contributed by atoms with E-state index in [1.807, 2.05) is 0 Å². The second-order valence-electron chi connectivity index (χ2n) is 5.32. The molecule has 5 nitrogen and oxygen atoms in total. The van der Waals surface area contributed by atoms with Crippen LogP contribution < -0.4 is 0 Å². The van der Waals surface area contributed by atoms with Crippen LogP contribution in [-0.2, 0) is 9.53 Å². The molecule has 1 rings (SSSR count). The first-order valence-corrected chi connectivity index (χ1v) is 6.83. The number of halogens is 3. The highest BCUT2D eigenvalue weighted by atomic mass is 19.2. The van der Waals surface area contributed by atoms with Gasteiger partial charge < -0.3 is 14.5 Å². The van der Waals surface area contributed by atoms with Gasteiger partial charge in [-0.1, -0.05) is 0 Å². The average molecular weight is 332 g/mol. The van der Waals surface area contributed by atoms with Crippen molar-refractivity contribution in [3.63, 3.8) is 0 Å². The van der Waals surface area contributed by atoms with Gasteiger partial charge in [0.1, 0.15) is 0 Å². The van der Waals surface area contributed by atoms with Crippen molar-refractivity contribution < 1.29 is 27.5 Å². The first-order chi connectivity index (χ1) is 10.6. The van der Waals surface area contributed by atoms with Gasteiger partial charge in [-0.3, -0.25) is 0 Å². The number of rotatable bonds is 4. The number of ether oxygens (including phenoxy) is 1. The van der Waals surface area contributed by atoms with Gasteiger partial charge in [-0.05, 0) is 31.5 Å². The van der Waals surface area contributed by atoms with Crippen LogP contribution in [0.1, 0.15) is 25.5 Å². The highest BCUT2D eigenvalue weighted by Crippen LogP contribution is 2.25. The number of amides is 2. The molecule has 8 heteroatoms. The number of carbonyl (C=O) groups is 2. The third-order valence-electron chi connectivity index (χ3n) is 3.51. The van der Waals surface area contributed by atoms with Gasteiger partial charge in [0.05, 0.1) is 7.11 Å². The van der Waals surface area contributed by atoms with E-state index < -0.39 is 35.5 Å². The molecule has 1 atom stereocenters. The number of carbonyl (C=O) groups excluding carboxylic acids is 2. The number of methoxy groups -OCH3 is 1. The van der Waals surface area contributed by atoms with Crippen molar-refractivity contribution in [3.8, 4) is 0 Å². The second kappa shape index (κ2) is 7.34. The number of nitrogens with zero attached hydrogens (tertiary/aromatic N) is 2. The summed E-state index contributed by atoms with van der Waals surface area (Å²) in [6.45, 7) is 3.52. The highest BCUT2D eigenvalue weighted by molar-refractivity contribution is 5.84. The Bertz CT molecular complexity index is 585. The maximum Gasteiger partial charge on any atom is 0.333 e. The lowest BCUT2D eigenvalue weighted by molar-refractivity contribution is -0.146. The van der Waals surface area contributed by atoms with Crippen LogP contribution in [-0.4, -0.2) is 49.0 Å². The summed E-state index contributed by atoms with van der Waals surface area (Å²) in [5.74, 6) is -5.45. The summed E-state index contributed by atoms with van der Waals surface area (Å²) < 4.78 is 44.6. The number of esters is 1. The van der Waals surface area contributed by atoms with E-state index in [0.717, 1.165) is 12.0 Å².